The Morgan fingerprint density at radius 1 is 1.04 bits per heavy atom. The molecule has 1 aromatic carbocycles. The quantitative estimate of drug-likeness (QED) is 0.699. The zero-order valence-corrected chi connectivity index (χ0v) is 16.2. The first-order chi connectivity index (χ1) is 10.3. The van der Waals surface area contributed by atoms with Gasteiger partial charge in [0, 0.05) is 0 Å². The Morgan fingerprint density at radius 3 is 2.00 bits per heavy atom. The van der Waals surface area contributed by atoms with Gasteiger partial charge in [-0.1, -0.05) is 46.8 Å². The van der Waals surface area contributed by atoms with Gasteiger partial charge in [-0.15, -0.1) is 0 Å². The molecular weight excluding hydrogens is 312 g/mol. The molecule has 0 saturated heterocycles. The summed E-state index contributed by atoms with van der Waals surface area (Å²) in [4.78, 5) is 0. The van der Waals surface area contributed by atoms with E-state index in [0.717, 1.165) is 12.7 Å². The number of benzene rings is 1. The molecule has 0 N–H and O–H groups in total. The first kappa shape index (κ1) is 20.0. The summed E-state index contributed by atoms with van der Waals surface area (Å²) in [5, 5.41) is 0. The minimum atomic E-state index is -3.45. The Labute approximate surface area is 141 Å². The average Bonchev–Trinajstić information content (AvgIpc) is 2.32. The molecule has 0 aliphatic rings. The second-order valence-electron chi connectivity index (χ2n) is 8.07. The third kappa shape index (κ3) is 7.84. The molecule has 0 amide bonds. The second-order valence-corrected chi connectivity index (χ2v) is 9.67. The van der Waals surface area contributed by atoms with Crippen LogP contribution in [0.25, 0.3) is 0 Å². The Hall–Kier alpha value is -1.07. The maximum atomic E-state index is 11.0. The van der Waals surface area contributed by atoms with E-state index in [-0.39, 0.29) is 17.4 Å². The summed E-state index contributed by atoms with van der Waals surface area (Å²) in [5.74, 6) is 0.712. The van der Waals surface area contributed by atoms with Crippen molar-refractivity contribution in [2.75, 3.05) is 12.9 Å². The van der Waals surface area contributed by atoms with Gasteiger partial charge >= 0.3 is 0 Å². The lowest BCUT2D eigenvalue weighted by atomic mass is 9.72. The van der Waals surface area contributed by atoms with Crippen molar-refractivity contribution < 1.29 is 17.3 Å². The second kappa shape index (κ2) is 7.22. The highest BCUT2D eigenvalue weighted by molar-refractivity contribution is 7.86. The first-order valence-corrected chi connectivity index (χ1v) is 9.72. The molecule has 1 rings (SSSR count). The standard InChI is InChI=1S/C18H30O4S/c1-14(22-23(7,19)20)12-21-16-10-8-15(9-11-16)18(5,6)13-17(2,3)4/h8-11,14H,12-13H2,1-7H3. The van der Waals surface area contributed by atoms with Gasteiger partial charge < -0.3 is 4.74 Å². The van der Waals surface area contributed by atoms with Crippen molar-refractivity contribution in [1.29, 1.82) is 0 Å². The molecule has 0 heterocycles. The van der Waals surface area contributed by atoms with Crippen LogP contribution in [0.2, 0.25) is 0 Å². The maximum absolute atomic E-state index is 11.0. The molecule has 0 aliphatic heterocycles. The van der Waals surface area contributed by atoms with Crippen molar-refractivity contribution in [1.82, 2.24) is 0 Å². The van der Waals surface area contributed by atoms with Crippen LogP contribution in [0.4, 0.5) is 0 Å². The fourth-order valence-corrected chi connectivity index (χ4v) is 3.62. The minimum absolute atomic E-state index is 0.0868. The van der Waals surface area contributed by atoms with Crippen LogP contribution in [0.1, 0.15) is 53.5 Å². The van der Waals surface area contributed by atoms with Crippen LogP contribution in [0, 0.1) is 5.41 Å². The molecule has 1 unspecified atom stereocenters. The lowest BCUT2D eigenvalue weighted by molar-refractivity contribution is 0.150. The first-order valence-electron chi connectivity index (χ1n) is 7.90. The van der Waals surface area contributed by atoms with E-state index in [4.69, 9.17) is 8.92 Å². The molecule has 1 aromatic rings. The molecule has 4 nitrogen and oxygen atoms in total. The lowest BCUT2D eigenvalue weighted by Gasteiger charge is -2.33. The van der Waals surface area contributed by atoms with E-state index in [1.807, 2.05) is 12.1 Å². The van der Waals surface area contributed by atoms with Crippen LogP contribution in [-0.4, -0.2) is 27.4 Å². The highest BCUT2D eigenvalue weighted by atomic mass is 32.2. The summed E-state index contributed by atoms with van der Waals surface area (Å²) in [6.07, 6.45) is 1.61. The summed E-state index contributed by atoms with van der Waals surface area (Å²) in [5.41, 5.74) is 1.61. The summed E-state index contributed by atoms with van der Waals surface area (Å²) in [6, 6.07) is 7.99. The van der Waals surface area contributed by atoms with Crippen molar-refractivity contribution in [3.05, 3.63) is 29.8 Å². The van der Waals surface area contributed by atoms with E-state index in [1.54, 1.807) is 6.92 Å². The normalized spacial score (nSPS) is 14.6. The van der Waals surface area contributed by atoms with E-state index < -0.39 is 16.2 Å². The van der Waals surface area contributed by atoms with Gasteiger partial charge in [0.2, 0.25) is 0 Å². The predicted octanol–water partition coefficient (Wildman–Crippen LogP) is 4.14. The highest BCUT2D eigenvalue weighted by Crippen LogP contribution is 2.36. The van der Waals surface area contributed by atoms with Crippen LogP contribution in [-0.2, 0) is 19.7 Å². The van der Waals surface area contributed by atoms with Crippen LogP contribution in [0.5, 0.6) is 5.75 Å². The molecular formula is C18H30O4S. The Kier molecular flexibility index (Phi) is 6.27. The van der Waals surface area contributed by atoms with Crippen molar-refractivity contribution >= 4 is 10.1 Å². The largest absolute Gasteiger partial charge is 0.491 e. The van der Waals surface area contributed by atoms with E-state index in [9.17, 15) is 8.42 Å². The fraction of sp³-hybridized carbons (Fsp3) is 0.667. The summed E-state index contributed by atoms with van der Waals surface area (Å²) >= 11 is 0. The van der Waals surface area contributed by atoms with Gasteiger partial charge in [-0.3, -0.25) is 4.18 Å². The molecule has 0 saturated carbocycles. The number of ether oxygens (including phenoxy) is 1. The minimum Gasteiger partial charge on any atom is -0.491 e. The summed E-state index contributed by atoms with van der Waals surface area (Å²) < 4.78 is 32.5. The monoisotopic (exact) mass is 342 g/mol. The topological polar surface area (TPSA) is 52.6 Å². The van der Waals surface area contributed by atoms with E-state index in [1.165, 1.54) is 5.56 Å². The summed E-state index contributed by atoms with van der Waals surface area (Å²) in [7, 11) is -3.45. The Morgan fingerprint density at radius 2 is 1.57 bits per heavy atom. The van der Waals surface area contributed by atoms with Gasteiger partial charge in [0.25, 0.3) is 10.1 Å². The molecule has 132 valence electrons. The van der Waals surface area contributed by atoms with Crippen LogP contribution in [0.15, 0.2) is 24.3 Å². The van der Waals surface area contributed by atoms with Crippen molar-refractivity contribution in [3.8, 4) is 5.75 Å². The summed E-state index contributed by atoms with van der Waals surface area (Å²) in [6.45, 7) is 13.1. The molecule has 23 heavy (non-hydrogen) atoms. The van der Waals surface area contributed by atoms with Gasteiger partial charge in [-0.2, -0.15) is 8.42 Å². The van der Waals surface area contributed by atoms with Gasteiger partial charge in [0.15, 0.2) is 0 Å². The molecule has 0 radical (unpaired) electrons. The van der Waals surface area contributed by atoms with Gasteiger partial charge in [-0.05, 0) is 41.9 Å². The lowest BCUT2D eigenvalue weighted by Crippen LogP contribution is -2.24. The van der Waals surface area contributed by atoms with Crippen LogP contribution >= 0.6 is 0 Å². The van der Waals surface area contributed by atoms with Crippen molar-refractivity contribution in [2.24, 2.45) is 5.41 Å². The Balaban J connectivity index is 2.66. The van der Waals surface area contributed by atoms with Gasteiger partial charge in [-0.25, -0.2) is 0 Å². The molecule has 0 fully saturated rings. The highest BCUT2D eigenvalue weighted by Gasteiger charge is 2.27. The third-order valence-electron chi connectivity index (χ3n) is 3.43. The molecule has 0 aliphatic carbocycles. The van der Waals surface area contributed by atoms with E-state index in [0.29, 0.717) is 5.75 Å². The predicted molar refractivity (Wildman–Crippen MR) is 94.4 cm³/mol. The van der Waals surface area contributed by atoms with Crippen molar-refractivity contribution in [2.45, 2.75) is 59.5 Å². The SMILES string of the molecule is CC(COc1ccc(C(C)(C)CC(C)(C)C)cc1)OS(C)(=O)=O. The van der Waals surface area contributed by atoms with Crippen LogP contribution in [0.3, 0.4) is 0 Å². The van der Waals surface area contributed by atoms with Gasteiger partial charge in [0.05, 0.1) is 6.26 Å². The van der Waals surface area contributed by atoms with Gasteiger partial charge in [0.1, 0.15) is 18.5 Å². The zero-order valence-electron chi connectivity index (χ0n) is 15.3. The maximum Gasteiger partial charge on any atom is 0.264 e. The van der Waals surface area contributed by atoms with E-state index >= 15 is 0 Å². The number of hydrogen-bond donors (Lipinski definition) is 0. The fourth-order valence-electron chi connectivity index (χ4n) is 2.97. The van der Waals surface area contributed by atoms with Crippen LogP contribution < -0.4 is 4.74 Å². The third-order valence-corrected chi connectivity index (χ3v) is 4.11. The molecule has 5 heteroatoms. The molecule has 0 aromatic heterocycles. The smallest absolute Gasteiger partial charge is 0.264 e. The average molecular weight is 343 g/mol. The van der Waals surface area contributed by atoms with Crippen molar-refractivity contribution in [3.63, 3.8) is 0 Å². The molecule has 1 atom stereocenters. The molecule has 0 spiro atoms. The number of rotatable bonds is 7. The Bertz CT molecular complexity index is 595. The number of hydrogen-bond acceptors (Lipinski definition) is 4. The van der Waals surface area contributed by atoms with E-state index in [2.05, 4.69) is 46.8 Å². The molecule has 0 bridgehead atoms. The zero-order chi connectivity index (χ0) is 17.9.